The summed E-state index contributed by atoms with van der Waals surface area (Å²) in [6, 6.07) is 9.28. The highest BCUT2D eigenvalue weighted by atomic mass is 35.5. The lowest BCUT2D eigenvalue weighted by atomic mass is 9.80. The van der Waals surface area contributed by atoms with Crippen LogP contribution in [-0.4, -0.2) is 73.8 Å². The van der Waals surface area contributed by atoms with Crippen molar-refractivity contribution >= 4 is 36.6 Å². The van der Waals surface area contributed by atoms with Crippen LogP contribution >= 0.6 is 24.8 Å². The first kappa shape index (κ1) is 32.1. The van der Waals surface area contributed by atoms with Gasteiger partial charge in [-0.25, -0.2) is 4.68 Å². The lowest BCUT2D eigenvalue weighted by molar-refractivity contribution is -0.165. The van der Waals surface area contributed by atoms with Crippen molar-refractivity contribution in [2.45, 2.75) is 84.5 Å². The van der Waals surface area contributed by atoms with Crippen LogP contribution in [-0.2, 0) is 16.1 Å². The number of amides is 2. The fourth-order valence-electron chi connectivity index (χ4n) is 5.62. The Morgan fingerprint density at radius 3 is 2.32 bits per heavy atom. The summed E-state index contributed by atoms with van der Waals surface area (Å²) in [4.78, 5) is 31.2. The lowest BCUT2D eigenvalue weighted by Gasteiger charge is -2.52. The average Bonchev–Trinajstić information content (AvgIpc) is 3.15. The van der Waals surface area contributed by atoms with Crippen LogP contribution in [0.5, 0.6) is 0 Å². The Bertz CT molecular complexity index is 1080. The van der Waals surface area contributed by atoms with Crippen LogP contribution in [0.1, 0.15) is 63.4 Å². The van der Waals surface area contributed by atoms with Gasteiger partial charge in [0, 0.05) is 37.4 Å². The van der Waals surface area contributed by atoms with Gasteiger partial charge >= 0.3 is 0 Å². The molecule has 2 aliphatic rings. The summed E-state index contributed by atoms with van der Waals surface area (Å²) in [7, 11) is 0. The van der Waals surface area contributed by atoms with E-state index in [9.17, 15) is 14.7 Å². The first-order valence-electron chi connectivity index (χ1n) is 13.3. The van der Waals surface area contributed by atoms with Gasteiger partial charge in [-0.1, -0.05) is 45.4 Å². The molecule has 2 fully saturated rings. The molecule has 2 saturated heterocycles. The van der Waals surface area contributed by atoms with Crippen molar-refractivity contribution in [2.24, 2.45) is 5.92 Å². The van der Waals surface area contributed by atoms with Crippen LogP contribution in [0.4, 0.5) is 0 Å². The molecule has 212 valence electrons. The third-order valence-corrected chi connectivity index (χ3v) is 8.02. The summed E-state index contributed by atoms with van der Waals surface area (Å²) in [6.45, 7) is 12.7. The number of aliphatic hydroxyl groups excluding tert-OH is 1. The molecule has 0 saturated carbocycles. The number of benzene rings is 1. The largest absolute Gasteiger partial charge is 0.390 e. The molecule has 2 atom stereocenters. The third kappa shape index (κ3) is 6.03. The second-order valence-electron chi connectivity index (χ2n) is 10.7. The number of hydrogen-bond acceptors (Lipinski definition) is 5. The summed E-state index contributed by atoms with van der Waals surface area (Å²) >= 11 is 0. The number of aryl methyl sites for hydroxylation is 1. The van der Waals surface area contributed by atoms with Crippen molar-refractivity contribution in [3.8, 4) is 5.69 Å². The fourth-order valence-corrected chi connectivity index (χ4v) is 5.62. The van der Waals surface area contributed by atoms with Gasteiger partial charge in [0.2, 0.25) is 11.8 Å². The normalized spacial score (nSPS) is 20.2. The Kier molecular flexibility index (Phi) is 11.2. The molecule has 4 rings (SSSR count). The number of carbonyl (C=O) groups excluding carboxylic acids is 2. The maximum absolute atomic E-state index is 13.5. The molecular weight excluding hydrogens is 525 g/mol. The van der Waals surface area contributed by atoms with E-state index in [1.165, 1.54) is 5.56 Å². The van der Waals surface area contributed by atoms with Gasteiger partial charge in [-0.15, -0.1) is 24.8 Å². The van der Waals surface area contributed by atoms with Crippen LogP contribution in [0.3, 0.4) is 0 Å². The van der Waals surface area contributed by atoms with Gasteiger partial charge in [0.15, 0.2) is 0 Å². The standard InChI is InChI=1S/C28H41N5O3.2ClH/c1-6-7-15-32-26(35)24(25(34)19(2)3)29-27(36)28(32)13-16-31(17-14-28)18-23-20(4)30-33(21(23)5)22-11-9-8-10-12-22;;/h8-12,19,24-25,34H,6-7,13-18H2,1-5H3,(H,29,36);2*1H/t24-,25+;;/m0../s1. The van der Waals surface area contributed by atoms with E-state index in [4.69, 9.17) is 5.10 Å². The summed E-state index contributed by atoms with van der Waals surface area (Å²) < 4.78 is 2.00. The minimum atomic E-state index is -0.893. The maximum atomic E-state index is 13.5. The number of nitrogens with zero attached hydrogens (tertiary/aromatic N) is 4. The molecule has 2 aromatic rings. The molecule has 0 aliphatic carbocycles. The highest BCUT2D eigenvalue weighted by Crippen LogP contribution is 2.35. The van der Waals surface area contributed by atoms with E-state index in [2.05, 4.69) is 36.2 Å². The Morgan fingerprint density at radius 1 is 1.11 bits per heavy atom. The second-order valence-corrected chi connectivity index (χ2v) is 10.7. The fraction of sp³-hybridized carbons (Fsp3) is 0.607. The molecule has 0 unspecified atom stereocenters. The summed E-state index contributed by atoms with van der Waals surface area (Å²) in [5, 5.41) is 18.3. The quantitative estimate of drug-likeness (QED) is 0.506. The van der Waals surface area contributed by atoms with Crippen molar-refractivity contribution in [1.82, 2.24) is 24.9 Å². The lowest BCUT2D eigenvalue weighted by Crippen LogP contribution is -2.74. The van der Waals surface area contributed by atoms with Gasteiger partial charge in [-0.2, -0.15) is 5.10 Å². The van der Waals surface area contributed by atoms with Gasteiger partial charge in [0.05, 0.1) is 17.5 Å². The number of unbranched alkanes of at least 4 members (excludes halogenated alkanes) is 1. The minimum absolute atomic E-state index is 0. The topological polar surface area (TPSA) is 90.7 Å². The highest BCUT2D eigenvalue weighted by molar-refractivity contribution is 6.00. The molecule has 2 N–H and O–H groups in total. The molecule has 38 heavy (non-hydrogen) atoms. The Balaban J connectivity index is 0.00000253. The van der Waals surface area contributed by atoms with Gasteiger partial charge in [-0.05, 0) is 51.2 Å². The van der Waals surface area contributed by atoms with Gasteiger partial charge in [-0.3, -0.25) is 14.5 Å². The van der Waals surface area contributed by atoms with E-state index in [0.29, 0.717) is 19.4 Å². The Labute approximate surface area is 239 Å². The SMILES string of the molecule is CCCCN1C(=O)[C@H]([C@H](O)C(C)C)NC(=O)C12CCN(Cc1c(C)nn(-c3ccccc3)c1C)CC2.Cl.Cl. The van der Waals surface area contributed by atoms with Crippen LogP contribution in [0.2, 0.25) is 0 Å². The molecular formula is C28H43Cl2N5O3. The number of piperazine rings is 1. The first-order chi connectivity index (χ1) is 17.2. The van der Waals surface area contributed by atoms with E-state index in [-0.39, 0.29) is 42.5 Å². The predicted molar refractivity (Wildman–Crippen MR) is 154 cm³/mol. The summed E-state index contributed by atoms with van der Waals surface area (Å²) in [5.41, 5.74) is 3.55. The minimum Gasteiger partial charge on any atom is -0.390 e. The molecule has 2 amide bonds. The molecule has 10 heteroatoms. The number of halogens is 2. The zero-order valence-corrected chi connectivity index (χ0v) is 24.8. The molecule has 2 aliphatic heterocycles. The maximum Gasteiger partial charge on any atom is 0.248 e. The van der Waals surface area contributed by atoms with Crippen LogP contribution in [0, 0.1) is 19.8 Å². The van der Waals surface area contributed by atoms with Crippen LogP contribution < -0.4 is 5.32 Å². The smallest absolute Gasteiger partial charge is 0.248 e. The number of hydrogen-bond donors (Lipinski definition) is 2. The van der Waals surface area contributed by atoms with Crippen molar-refractivity contribution in [1.29, 1.82) is 0 Å². The average molecular weight is 569 g/mol. The van der Waals surface area contributed by atoms with Crippen molar-refractivity contribution in [2.75, 3.05) is 19.6 Å². The third-order valence-electron chi connectivity index (χ3n) is 8.02. The number of aromatic nitrogens is 2. The van der Waals surface area contributed by atoms with E-state index < -0.39 is 17.7 Å². The van der Waals surface area contributed by atoms with Crippen LogP contribution in [0.15, 0.2) is 30.3 Å². The molecule has 3 heterocycles. The number of likely N-dealkylation sites (tertiary alicyclic amines) is 1. The number of para-hydroxylation sites is 1. The zero-order chi connectivity index (χ0) is 26.0. The molecule has 1 spiro atoms. The Morgan fingerprint density at radius 2 is 1.74 bits per heavy atom. The highest BCUT2D eigenvalue weighted by Gasteiger charge is 2.54. The first-order valence-corrected chi connectivity index (χ1v) is 13.3. The number of piperidine rings is 1. The summed E-state index contributed by atoms with van der Waals surface area (Å²) in [5.74, 6) is -0.383. The van der Waals surface area contributed by atoms with E-state index in [1.807, 2.05) is 43.7 Å². The van der Waals surface area contributed by atoms with Crippen molar-refractivity contribution in [3.05, 3.63) is 47.3 Å². The van der Waals surface area contributed by atoms with Crippen molar-refractivity contribution in [3.63, 3.8) is 0 Å². The number of rotatable bonds is 8. The number of aliphatic hydroxyl groups is 1. The molecule has 0 radical (unpaired) electrons. The zero-order valence-electron chi connectivity index (χ0n) is 23.1. The second kappa shape index (κ2) is 13.3. The number of carbonyl (C=O) groups is 2. The van der Waals surface area contributed by atoms with Gasteiger partial charge in [0.25, 0.3) is 0 Å². The molecule has 1 aromatic carbocycles. The monoisotopic (exact) mass is 567 g/mol. The molecule has 8 nitrogen and oxygen atoms in total. The molecule has 0 bridgehead atoms. The van der Waals surface area contributed by atoms with Gasteiger partial charge in [0.1, 0.15) is 11.6 Å². The van der Waals surface area contributed by atoms with E-state index in [1.54, 1.807) is 4.90 Å². The van der Waals surface area contributed by atoms with Gasteiger partial charge < -0.3 is 15.3 Å². The van der Waals surface area contributed by atoms with Crippen molar-refractivity contribution < 1.29 is 14.7 Å². The molecule has 1 aromatic heterocycles. The van der Waals surface area contributed by atoms with E-state index >= 15 is 0 Å². The predicted octanol–water partition coefficient (Wildman–Crippen LogP) is 3.81. The Hall–Kier alpha value is -2.13. The van der Waals surface area contributed by atoms with E-state index in [0.717, 1.165) is 49.6 Å². The van der Waals surface area contributed by atoms with Crippen LogP contribution in [0.25, 0.3) is 5.69 Å². The summed E-state index contributed by atoms with van der Waals surface area (Å²) in [6.07, 6.45) is 2.06. The number of nitrogens with one attached hydrogen (secondary N) is 1.